The number of para-hydroxylation sites is 4. The number of rotatable bonds is 10. The zero-order valence-electron chi connectivity index (χ0n) is 30.1. The van der Waals surface area contributed by atoms with Gasteiger partial charge in [0.2, 0.25) is 0 Å². The maximum Gasteiger partial charge on any atom is 0.335 e. The smallest absolute Gasteiger partial charge is 0.335 e. The molecule has 0 saturated heterocycles. The Hall–Kier alpha value is -7.35. The number of aromatic nitrogens is 2. The van der Waals surface area contributed by atoms with E-state index in [-0.39, 0.29) is 5.56 Å². The van der Waals surface area contributed by atoms with Crippen molar-refractivity contribution in [1.82, 2.24) is 9.97 Å². The molecular weight excluding hydrogens is 709 g/mol. The molecule has 56 heavy (non-hydrogen) atoms. The molecule has 0 spiro atoms. The first-order valence-corrected chi connectivity index (χ1v) is 19.1. The highest BCUT2D eigenvalue weighted by Crippen LogP contribution is 2.45. The molecule has 0 aliphatic heterocycles. The molecule has 9 aromatic rings. The molecule has 0 bridgehead atoms. The summed E-state index contributed by atoms with van der Waals surface area (Å²) in [6.45, 7) is 0. The molecule has 0 unspecified atom stereocenters. The fraction of sp³-hybridized carbons (Fsp3) is 0. The summed E-state index contributed by atoms with van der Waals surface area (Å²) in [5, 5.41) is 9.48. The van der Waals surface area contributed by atoms with Crippen LogP contribution in [0.5, 0.6) is 0 Å². The molecule has 0 amide bonds. The van der Waals surface area contributed by atoms with Crippen molar-refractivity contribution in [2.24, 2.45) is 0 Å². The summed E-state index contributed by atoms with van der Waals surface area (Å²) in [6, 6.07) is 65.5. The Morgan fingerprint density at radius 3 is 1.18 bits per heavy atom. The Bertz CT molecular complexity index is 2660. The molecular formula is C49H34N4O2S. The van der Waals surface area contributed by atoms with Crippen LogP contribution in [0.2, 0.25) is 0 Å². The van der Waals surface area contributed by atoms with Crippen LogP contribution >= 0.6 is 11.3 Å². The molecule has 2 aromatic heterocycles. The first-order chi connectivity index (χ1) is 27.6. The lowest BCUT2D eigenvalue weighted by atomic mass is 10.1. The van der Waals surface area contributed by atoms with Crippen LogP contribution in [0.4, 0.5) is 34.1 Å². The van der Waals surface area contributed by atoms with Crippen LogP contribution in [-0.2, 0) is 0 Å². The van der Waals surface area contributed by atoms with Crippen molar-refractivity contribution in [2.45, 2.75) is 0 Å². The van der Waals surface area contributed by atoms with Crippen LogP contribution in [-0.4, -0.2) is 21.0 Å². The van der Waals surface area contributed by atoms with Gasteiger partial charge in [0.05, 0.1) is 27.2 Å². The average Bonchev–Trinajstić information content (AvgIpc) is 3.65. The number of thiophene rings is 1. The lowest BCUT2D eigenvalue weighted by Gasteiger charge is -2.25. The predicted molar refractivity (Wildman–Crippen MR) is 230 cm³/mol. The molecule has 0 saturated carbocycles. The van der Waals surface area contributed by atoms with Gasteiger partial charge in [0.25, 0.3) is 0 Å². The van der Waals surface area contributed by atoms with Gasteiger partial charge in [0.15, 0.2) is 0 Å². The molecule has 0 radical (unpaired) electrons. The maximum atomic E-state index is 11.6. The number of hydrogen-bond donors (Lipinski definition) is 1. The van der Waals surface area contributed by atoms with Gasteiger partial charge >= 0.3 is 5.97 Å². The predicted octanol–water partition coefficient (Wildman–Crippen LogP) is 13.3. The van der Waals surface area contributed by atoms with Crippen LogP contribution in [0.25, 0.3) is 43.2 Å². The number of fused-ring (bicyclic) bond motifs is 1. The minimum atomic E-state index is -0.967. The number of hydrogen-bond acceptors (Lipinski definition) is 6. The SMILES string of the molecule is O=C(O)c1ccc(-c2cnc3c(-c4ccc(N(c5ccccc5)c5ccccc5)cc4)sc(-c4ccc(N(c5ccccc5)c5ccccc5)cc4)c3n2)cc1. The lowest BCUT2D eigenvalue weighted by molar-refractivity contribution is 0.0697. The molecule has 0 atom stereocenters. The molecule has 9 rings (SSSR count). The number of nitrogens with zero attached hydrogens (tertiary/aromatic N) is 4. The summed E-state index contributed by atoms with van der Waals surface area (Å²) < 4.78 is 0. The van der Waals surface area contributed by atoms with Crippen LogP contribution in [0.3, 0.4) is 0 Å². The van der Waals surface area contributed by atoms with E-state index in [0.29, 0.717) is 5.69 Å². The maximum absolute atomic E-state index is 11.6. The first kappa shape index (κ1) is 34.4. The van der Waals surface area contributed by atoms with Crippen molar-refractivity contribution in [3.63, 3.8) is 0 Å². The van der Waals surface area contributed by atoms with Gasteiger partial charge in [-0.2, -0.15) is 0 Å². The number of anilines is 6. The Morgan fingerprint density at radius 2 is 0.786 bits per heavy atom. The lowest BCUT2D eigenvalue weighted by Crippen LogP contribution is -2.09. The van der Waals surface area contributed by atoms with Crippen LogP contribution in [0, 0.1) is 0 Å². The molecule has 0 aliphatic carbocycles. The van der Waals surface area contributed by atoms with Gasteiger partial charge in [-0.1, -0.05) is 109 Å². The number of carbonyl (C=O) groups is 1. The van der Waals surface area contributed by atoms with E-state index >= 15 is 0 Å². The van der Waals surface area contributed by atoms with E-state index in [1.165, 1.54) is 0 Å². The third kappa shape index (κ3) is 6.79. The van der Waals surface area contributed by atoms with E-state index in [9.17, 15) is 9.90 Å². The summed E-state index contributed by atoms with van der Waals surface area (Å²) in [5.41, 5.74) is 11.7. The van der Waals surface area contributed by atoms with Crippen LogP contribution in [0.1, 0.15) is 10.4 Å². The monoisotopic (exact) mass is 742 g/mol. The zero-order chi connectivity index (χ0) is 37.8. The second-order valence-electron chi connectivity index (χ2n) is 13.2. The normalized spacial score (nSPS) is 11.0. The number of benzene rings is 7. The van der Waals surface area contributed by atoms with E-state index in [1.807, 2.05) is 24.3 Å². The molecule has 2 heterocycles. The minimum absolute atomic E-state index is 0.225. The van der Waals surface area contributed by atoms with E-state index in [4.69, 9.17) is 9.97 Å². The van der Waals surface area contributed by atoms with Gasteiger partial charge < -0.3 is 14.9 Å². The van der Waals surface area contributed by atoms with Crippen LogP contribution in [0.15, 0.2) is 200 Å². The van der Waals surface area contributed by atoms with Gasteiger partial charge in [-0.3, -0.25) is 4.98 Å². The van der Waals surface area contributed by atoms with E-state index < -0.39 is 5.97 Å². The highest BCUT2D eigenvalue weighted by Gasteiger charge is 2.20. The summed E-state index contributed by atoms with van der Waals surface area (Å²) in [6.07, 6.45) is 1.78. The zero-order valence-corrected chi connectivity index (χ0v) is 30.9. The molecule has 1 N–H and O–H groups in total. The summed E-state index contributed by atoms with van der Waals surface area (Å²) in [5.74, 6) is -0.967. The molecule has 0 fully saturated rings. The Kier molecular flexibility index (Phi) is 9.33. The minimum Gasteiger partial charge on any atom is -0.478 e. The Balaban J connectivity index is 1.14. The standard InChI is InChI=1S/C49H34N4O2S/c54-49(55)37-23-21-34(22-24-37)44-33-50-45-46(51-44)48(36-27-31-43(32-28-36)53(40-17-9-3-10-18-40)41-19-11-4-12-20-41)56-47(45)35-25-29-42(30-26-35)52(38-13-5-1-6-14-38)39-15-7-2-8-16-39/h1-33H,(H,54,55). The first-order valence-electron chi connectivity index (χ1n) is 18.3. The highest BCUT2D eigenvalue weighted by molar-refractivity contribution is 7.20. The van der Waals surface area contributed by atoms with Crippen molar-refractivity contribution >= 4 is 62.5 Å². The van der Waals surface area contributed by atoms with Crippen molar-refractivity contribution in [3.8, 4) is 32.1 Å². The van der Waals surface area contributed by atoms with Gasteiger partial charge in [-0.05, 0) is 96.1 Å². The van der Waals surface area contributed by atoms with Crippen molar-refractivity contribution < 1.29 is 9.90 Å². The number of carboxylic acid groups (broad SMARTS) is 1. The van der Waals surface area contributed by atoms with Gasteiger partial charge in [-0.15, -0.1) is 11.3 Å². The average molecular weight is 743 g/mol. The molecule has 0 aliphatic rings. The molecule has 7 aromatic carbocycles. The van der Waals surface area contributed by atoms with E-state index in [0.717, 1.165) is 71.6 Å². The quantitative estimate of drug-likeness (QED) is 0.150. The second-order valence-corrected chi connectivity index (χ2v) is 14.2. The summed E-state index contributed by atoms with van der Waals surface area (Å²) in [4.78, 5) is 28.3. The van der Waals surface area contributed by atoms with Crippen molar-refractivity contribution in [3.05, 3.63) is 206 Å². The summed E-state index contributed by atoms with van der Waals surface area (Å²) in [7, 11) is 0. The van der Waals surface area contributed by atoms with Gasteiger partial charge in [0.1, 0.15) is 11.0 Å². The van der Waals surface area contributed by atoms with Gasteiger partial charge in [-0.25, -0.2) is 9.78 Å². The Morgan fingerprint density at radius 1 is 0.429 bits per heavy atom. The molecule has 6 nitrogen and oxygen atoms in total. The Labute approximate surface area is 328 Å². The topological polar surface area (TPSA) is 69.6 Å². The molecule has 7 heteroatoms. The number of carboxylic acids is 1. The number of aromatic carboxylic acids is 1. The van der Waals surface area contributed by atoms with E-state index in [1.54, 1.807) is 41.8 Å². The summed E-state index contributed by atoms with van der Waals surface area (Å²) >= 11 is 1.67. The van der Waals surface area contributed by atoms with E-state index in [2.05, 4.69) is 155 Å². The fourth-order valence-corrected chi connectivity index (χ4v) is 8.15. The van der Waals surface area contributed by atoms with Gasteiger partial charge in [0, 0.05) is 39.7 Å². The fourth-order valence-electron chi connectivity index (χ4n) is 6.95. The van der Waals surface area contributed by atoms with Crippen molar-refractivity contribution in [1.29, 1.82) is 0 Å². The van der Waals surface area contributed by atoms with Crippen LogP contribution < -0.4 is 9.80 Å². The molecule has 268 valence electrons. The van der Waals surface area contributed by atoms with Crippen molar-refractivity contribution in [2.75, 3.05) is 9.80 Å². The third-order valence-corrected chi connectivity index (χ3v) is 10.9. The largest absolute Gasteiger partial charge is 0.478 e. The highest BCUT2D eigenvalue weighted by atomic mass is 32.1. The third-order valence-electron chi connectivity index (χ3n) is 9.67. The second kappa shape index (κ2) is 15.2.